The van der Waals surface area contributed by atoms with Gasteiger partial charge in [0.25, 0.3) is 0 Å². The number of halogens is 2. The van der Waals surface area contributed by atoms with Crippen LogP contribution in [0.1, 0.15) is 5.56 Å². The van der Waals surface area contributed by atoms with Crippen molar-refractivity contribution in [1.29, 1.82) is 0 Å². The zero-order valence-corrected chi connectivity index (χ0v) is 12.0. The summed E-state index contributed by atoms with van der Waals surface area (Å²) in [4.78, 5) is 11.9. The first-order chi connectivity index (χ1) is 9.56. The molecule has 0 aliphatic carbocycles. The van der Waals surface area contributed by atoms with Crippen LogP contribution in [0.2, 0.25) is 10.0 Å². The fraction of sp³-hybridized carbons (Fsp3) is 0.0714. The average molecular weight is 310 g/mol. The van der Waals surface area contributed by atoms with E-state index in [0.717, 1.165) is 5.56 Å². The standard InChI is InChI=1S/C14H13Cl2N3O/c15-10-5-11(16)7-13(6-10)19-14(20)18-12-3-1-2-9(4-12)8-17/h1-7H,8,17H2,(H2,18,19,20). The molecule has 2 rings (SSSR count). The second-order valence-electron chi connectivity index (χ2n) is 4.14. The minimum atomic E-state index is -0.377. The van der Waals surface area contributed by atoms with Crippen LogP contribution in [0.25, 0.3) is 0 Å². The van der Waals surface area contributed by atoms with Gasteiger partial charge in [-0.15, -0.1) is 0 Å². The topological polar surface area (TPSA) is 67.1 Å². The average Bonchev–Trinajstić information content (AvgIpc) is 2.37. The van der Waals surface area contributed by atoms with Gasteiger partial charge in [-0.05, 0) is 35.9 Å². The van der Waals surface area contributed by atoms with E-state index in [2.05, 4.69) is 10.6 Å². The van der Waals surface area contributed by atoms with Crippen molar-refractivity contribution in [2.45, 2.75) is 6.54 Å². The molecule has 0 aliphatic rings. The molecule has 0 atom stereocenters. The molecule has 2 aromatic rings. The Morgan fingerprint density at radius 3 is 2.30 bits per heavy atom. The quantitative estimate of drug-likeness (QED) is 0.799. The molecule has 0 unspecified atom stereocenters. The number of carbonyl (C=O) groups excluding carboxylic acids is 1. The monoisotopic (exact) mass is 309 g/mol. The van der Waals surface area contributed by atoms with Gasteiger partial charge in [0, 0.05) is 28.0 Å². The summed E-state index contributed by atoms with van der Waals surface area (Å²) in [7, 11) is 0. The predicted molar refractivity (Wildman–Crippen MR) is 83.4 cm³/mol. The number of benzene rings is 2. The van der Waals surface area contributed by atoms with Gasteiger partial charge in [-0.25, -0.2) is 4.79 Å². The Kier molecular flexibility index (Phi) is 4.84. The number of amides is 2. The lowest BCUT2D eigenvalue weighted by atomic mass is 10.2. The van der Waals surface area contributed by atoms with E-state index in [-0.39, 0.29) is 6.03 Å². The fourth-order valence-electron chi connectivity index (χ4n) is 1.70. The van der Waals surface area contributed by atoms with E-state index in [1.165, 1.54) is 0 Å². The molecule has 0 heterocycles. The summed E-state index contributed by atoms with van der Waals surface area (Å²) in [5, 5.41) is 6.28. The molecule has 0 bridgehead atoms. The number of rotatable bonds is 3. The van der Waals surface area contributed by atoms with Gasteiger partial charge in [0.2, 0.25) is 0 Å². The number of carbonyl (C=O) groups is 1. The maximum absolute atomic E-state index is 11.9. The molecule has 0 fully saturated rings. The van der Waals surface area contributed by atoms with Gasteiger partial charge in [-0.1, -0.05) is 35.3 Å². The molecule has 0 saturated carbocycles. The summed E-state index contributed by atoms with van der Waals surface area (Å²) in [6.45, 7) is 0.418. The van der Waals surface area contributed by atoms with Crippen molar-refractivity contribution < 1.29 is 4.79 Å². The van der Waals surface area contributed by atoms with Gasteiger partial charge >= 0.3 is 6.03 Å². The second kappa shape index (κ2) is 6.61. The van der Waals surface area contributed by atoms with Crippen molar-refractivity contribution in [1.82, 2.24) is 0 Å². The molecule has 20 heavy (non-hydrogen) atoms. The van der Waals surface area contributed by atoms with Crippen molar-refractivity contribution in [3.63, 3.8) is 0 Å². The van der Waals surface area contributed by atoms with Gasteiger partial charge in [0.1, 0.15) is 0 Å². The molecule has 4 nitrogen and oxygen atoms in total. The van der Waals surface area contributed by atoms with Gasteiger partial charge < -0.3 is 16.4 Å². The molecule has 0 aromatic heterocycles. The zero-order valence-electron chi connectivity index (χ0n) is 10.5. The van der Waals surface area contributed by atoms with E-state index < -0.39 is 0 Å². The van der Waals surface area contributed by atoms with Crippen LogP contribution in [-0.2, 0) is 6.54 Å². The van der Waals surface area contributed by atoms with E-state index in [9.17, 15) is 4.79 Å². The highest BCUT2D eigenvalue weighted by Gasteiger charge is 2.05. The molecule has 0 spiro atoms. The Hall–Kier alpha value is -1.75. The molecule has 104 valence electrons. The van der Waals surface area contributed by atoms with Crippen molar-refractivity contribution in [3.05, 3.63) is 58.1 Å². The molecule has 0 aliphatic heterocycles. The minimum absolute atomic E-state index is 0.377. The lowest BCUT2D eigenvalue weighted by Gasteiger charge is -2.09. The summed E-state index contributed by atoms with van der Waals surface area (Å²) in [6, 6.07) is 11.8. The first kappa shape index (κ1) is 14.7. The van der Waals surface area contributed by atoms with Crippen molar-refractivity contribution in [2.24, 2.45) is 5.73 Å². The van der Waals surface area contributed by atoms with Gasteiger partial charge in [-0.2, -0.15) is 0 Å². The van der Waals surface area contributed by atoms with Crippen molar-refractivity contribution >= 4 is 40.6 Å². The Morgan fingerprint density at radius 1 is 1.00 bits per heavy atom. The third-order valence-electron chi connectivity index (χ3n) is 2.54. The highest BCUT2D eigenvalue weighted by molar-refractivity contribution is 6.35. The fourth-order valence-corrected chi connectivity index (χ4v) is 2.22. The third kappa shape index (κ3) is 4.13. The lowest BCUT2D eigenvalue weighted by molar-refractivity contribution is 0.262. The zero-order chi connectivity index (χ0) is 14.5. The maximum Gasteiger partial charge on any atom is 0.323 e. The van der Waals surface area contributed by atoms with Crippen molar-refractivity contribution in [3.8, 4) is 0 Å². The summed E-state index contributed by atoms with van der Waals surface area (Å²) < 4.78 is 0. The van der Waals surface area contributed by atoms with Crippen LogP contribution < -0.4 is 16.4 Å². The van der Waals surface area contributed by atoms with E-state index in [0.29, 0.717) is 28.0 Å². The Balaban J connectivity index is 2.04. The highest BCUT2D eigenvalue weighted by Crippen LogP contribution is 2.22. The normalized spacial score (nSPS) is 10.2. The van der Waals surface area contributed by atoms with E-state index >= 15 is 0 Å². The van der Waals surface area contributed by atoms with Gasteiger partial charge in [-0.3, -0.25) is 0 Å². The van der Waals surface area contributed by atoms with E-state index in [1.807, 2.05) is 18.2 Å². The molecule has 2 amide bonds. The largest absolute Gasteiger partial charge is 0.326 e. The number of urea groups is 1. The number of nitrogens with two attached hydrogens (primary N) is 1. The second-order valence-corrected chi connectivity index (χ2v) is 5.01. The smallest absolute Gasteiger partial charge is 0.323 e. The molecule has 2 aromatic carbocycles. The number of anilines is 2. The number of nitrogens with one attached hydrogen (secondary N) is 2. The van der Waals surface area contributed by atoms with E-state index in [1.54, 1.807) is 24.3 Å². The van der Waals surface area contributed by atoms with Crippen LogP contribution >= 0.6 is 23.2 Å². The van der Waals surface area contributed by atoms with Crippen LogP contribution in [0, 0.1) is 0 Å². The summed E-state index contributed by atoms with van der Waals surface area (Å²) >= 11 is 11.7. The first-order valence-corrected chi connectivity index (χ1v) is 6.65. The number of hydrogen-bond acceptors (Lipinski definition) is 2. The summed E-state index contributed by atoms with van der Waals surface area (Å²) in [5.74, 6) is 0. The van der Waals surface area contributed by atoms with Crippen molar-refractivity contribution in [2.75, 3.05) is 10.6 Å². The Labute approximate surface area is 126 Å². The summed E-state index contributed by atoms with van der Waals surface area (Å²) in [5.41, 5.74) is 7.68. The van der Waals surface area contributed by atoms with Crippen LogP contribution in [0.15, 0.2) is 42.5 Å². The minimum Gasteiger partial charge on any atom is -0.326 e. The summed E-state index contributed by atoms with van der Waals surface area (Å²) in [6.07, 6.45) is 0. The van der Waals surface area contributed by atoms with Crippen LogP contribution in [-0.4, -0.2) is 6.03 Å². The third-order valence-corrected chi connectivity index (χ3v) is 2.98. The van der Waals surface area contributed by atoms with Crippen LogP contribution in [0.5, 0.6) is 0 Å². The molecule has 6 heteroatoms. The maximum atomic E-state index is 11.9. The lowest BCUT2D eigenvalue weighted by Crippen LogP contribution is -2.19. The predicted octanol–water partition coefficient (Wildman–Crippen LogP) is 4.10. The molecular weight excluding hydrogens is 297 g/mol. The molecule has 0 radical (unpaired) electrons. The van der Waals surface area contributed by atoms with Gasteiger partial charge in [0.15, 0.2) is 0 Å². The molecule has 4 N–H and O–H groups in total. The SMILES string of the molecule is NCc1cccc(NC(=O)Nc2cc(Cl)cc(Cl)c2)c1. The first-order valence-electron chi connectivity index (χ1n) is 5.90. The van der Waals surface area contributed by atoms with E-state index in [4.69, 9.17) is 28.9 Å². The highest BCUT2D eigenvalue weighted by atomic mass is 35.5. The Morgan fingerprint density at radius 2 is 1.65 bits per heavy atom. The van der Waals surface area contributed by atoms with Crippen LogP contribution in [0.3, 0.4) is 0 Å². The van der Waals surface area contributed by atoms with Gasteiger partial charge in [0.05, 0.1) is 0 Å². The molecule has 0 saturated heterocycles. The molecular formula is C14H13Cl2N3O. The van der Waals surface area contributed by atoms with Crippen LogP contribution in [0.4, 0.5) is 16.2 Å². The number of hydrogen-bond donors (Lipinski definition) is 3. The Bertz CT molecular complexity index is 611.